The number of aromatic nitrogens is 2. The van der Waals surface area contributed by atoms with Crippen LogP contribution in [0.1, 0.15) is 51.5 Å². The number of ether oxygens (including phenoxy) is 3. The summed E-state index contributed by atoms with van der Waals surface area (Å²) in [6.45, 7) is 4.63. The van der Waals surface area contributed by atoms with Gasteiger partial charge in [0.1, 0.15) is 30.0 Å². The molecule has 0 aliphatic heterocycles. The van der Waals surface area contributed by atoms with Gasteiger partial charge in [-0.15, -0.1) is 0 Å². The number of amides is 1. The van der Waals surface area contributed by atoms with Crippen molar-refractivity contribution in [1.82, 2.24) is 20.4 Å². The normalized spacial score (nSPS) is 14.9. The van der Waals surface area contributed by atoms with Crippen LogP contribution in [0.2, 0.25) is 0 Å². The molecule has 1 aliphatic carbocycles. The lowest BCUT2D eigenvalue weighted by atomic mass is 10.0. The molecule has 1 aromatic carbocycles. The first kappa shape index (κ1) is 27.5. The van der Waals surface area contributed by atoms with Crippen LogP contribution in [0.25, 0.3) is 11.3 Å². The first-order valence-electron chi connectivity index (χ1n) is 12.3. The number of aliphatic hydroxyl groups is 1. The smallest absolute Gasteiger partial charge is 0.325 e. The summed E-state index contributed by atoms with van der Waals surface area (Å²) < 4.78 is 17.7. The van der Waals surface area contributed by atoms with Crippen LogP contribution >= 0.6 is 0 Å². The summed E-state index contributed by atoms with van der Waals surface area (Å²) >= 11 is 0. The lowest BCUT2D eigenvalue weighted by Gasteiger charge is -2.23. The van der Waals surface area contributed by atoms with E-state index in [1.807, 2.05) is 42.8 Å². The maximum absolute atomic E-state index is 12.4. The Kier molecular flexibility index (Phi) is 9.72. The molecule has 0 radical (unpaired) electrons. The number of hydrogen-bond acceptors (Lipinski definition) is 8. The molecule has 1 heterocycles. The van der Waals surface area contributed by atoms with Gasteiger partial charge in [0, 0.05) is 19.0 Å². The average Bonchev–Trinajstić information content (AvgIpc) is 3.57. The van der Waals surface area contributed by atoms with Gasteiger partial charge in [-0.3, -0.25) is 19.6 Å². The van der Waals surface area contributed by atoms with E-state index in [4.69, 9.17) is 14.6 Å². The van der Waals surface area contributed by atoms with Crippen molar-refractivity contribution in [2.45, 2.75) is 58.3 Å². The van der Waals surface area contributed by atoms with Crippen LogP contribution in [0.3, 0.4) is 0 Å². The molecule has 3 rings (SSSR count). The fourth-order valence-corrected chi connectivity index (χ4v) is 4.19. The molecule has 0 spiro atoms. The van der Waals surface area contributed by atoms with E-state index >= 15 is 0 Å². The number of esters is 1. The van der Waals surface area contributed by atoms with E-state index in [1.165, 1.54) is 7.11 Å². The maximum atomic E-state index is 12.4. The molecular weight excluding hydrogens is 464 g/mol. The molecular formula is C26H38N4O6. The van der Waals surface area contributed by atoms with Crippen molar-refractivity contribution in [3.8, 4) is 22.8 Å². The predicted octanol–water partition coefficient (Wildman–Crippen LogP) is 2.65. The monoisotopic (exact) mass is 502 g/mol. The Morgan fingerprint density at radius 1 is 1.17 bits per heavy atom. The quantitative estimate of drug-likeness (QED) is 0.266. The summed E-state index contributed by atoms with van der Waals surface area (Å²) in [6, 6.07) is 7.11. The van der Waals surface area contributed by atoms with Gasteiger partial charge in [-0.25, -0.2) is 0 Å². The van der Waals surface area contributed by atoms with Gasteiger partial charge in [0.25, 0.3) is 0 Å². The zero-order chi connectivity index (χ0) is 26.2. The molecule has 1 amide bonds. The molecule has 1 aromatic heterocycles. The molecule has 1 fully saturated rings. The van der Waals surface area contributed by atoms with Crippen LogP contribution in [-0.2, 0) is 20.9 Å². The van der Waals surface area contributed by atoms with Crippen molar-refractivity contribution < 1.29 is 28.9 Å². The first-order chi connectivity index (χ1) is 17.2. The first-order valence-corrected chi connectivity index (χ1v) is 12.3. The van der Waals surface area contributed by atoms with Gasteiger partial charge < -0.3 is 24.6 Å². The zero-order valence-corrected chi connectivity index (χ0v) is 21.7. The van der Waals surface area contributed by atoms with Crippen molar-refractivity contribution >= 4 is 11.9 Å². The van der Waals surface area contributed by atoms with Crippen LogP contribution in [0.5, 0.6) is 11.5 Å². The molecule has 1 aliphatic rings. The summed E-state index contributed by atoms with van der Waals surface area (Å²) in [4.78, 5) is 23.7. The number of aliphatic hydroxyl groups excluding tert-OH is 1. The van der Waals surface area contributed by atoms with Crippen molar-refractivity contribution in [2.24, 2.45) is 11.8 Å². The highest BCUT2D eigenvalue weighted by Crippen LogP contribution is 2.40. The van der Waals surface area contributed by atoms with Crippen LogP contribution in [0, 0.1) is 11.8 Å². The third-order valence-electron chi connectivity index (χ3n) is 6.13. The Bertz CT molecular complexity index is 1010. The SMILES string of the molecule is COC(=O)CNC(=O)C[C@H](CC(C)C)NC(O)c1cc(-c2c(OC)cccc2OC)n(CC2CC2)n1. The summed E-state index contributed by atoms with van der Waals surface area (Å²) in [5.41, 5.74) is 2.01. The Labute approximate surface area is 212 Å². The minimum atomic E-state index is -1.10. The number of methoxy groups -OCH3 is 3. The number of nitrogens with zero attached hydrogens (tertiary/aromatic N) is 2. The molecule has 0 saturated heterocycles. The van der Waals surface area contributed by atoms with Gasteiger partial charge in [0.05, 0.1) is 32.6 Å². The second-order valence-corrected chi connectivity index (χ2v) is 9.57. The highest BCUT2D eigenvalue weighted by Gasteiger charge is 2.28. The molecule has 2 atom stereocenters. The Morgan fingerprint density at radius 2 is 1.83 bits per heavy atom. The number of nitrogens with one attached hydrogen (secondary N) is 2. The fourth-order valence-electron chi connectivity index (χ4n) is 4.19. The highest BCUT2D eigenvalue weighted by atomic mass is 16.5. The molecule has 3 N–H and O–H groups in total. The maximum Gasteiger partial charge on any atom is 0.325 e. The number of carbonyl (C=O) groups is 2. The van der Waals surface area contributed by atoms with E-state index < -0.39 is 12.2 Å². The predicted molar refractivity (Wildman–Crippen MR) is 134 cm³/mol. The van der Waals surface area contributed by atoms with Crippen molar-refractivity contribution in [1.29, 1.82) is 0 Å². The standard InChI is InChI=1S/C26H38N4O6/c1-16(2)11-18(12-23(31)27-14-24(32)36-5)28-26(33)19-13-20(30(29-19)15-17-9-10-17)25-21(34-3)7-6-8-22(25)35-4/h6-8,13,16-18,26,28,33H,9-12,14-15H2,1-5H3,(H,27,31)/t18-,26?/m0/s1. The van der Waals surface area contributed by atoms with Gasteiger partial charge in [0.15, 0.2) is 0 Å². The van der Waals surface area contributed by atoms with E-state index in [0.717, 1.165) is 30.6 Å². The van der Waals surface area contributed by atoms with Gasteiger partial charge in [-0.05, 0) is 49.3 Å². The second-order valence-electron chi connectivity index (χ2n) is 9.57. The molecule has 1 unspecified atom stereocenters. The van der Waals surface area contributed by atoms with E-state index in [2.05, 4.69) is 15.4 Å². The molecule has 2 aromatic rings. The number of rotatable bonds is 14. The molecule has 10 heteroatoms. The van der Waals surface area contributed by atoms with Gasteiger partial charge >= 0.3 is 5.97 Å². The van der Waals surface area contributed by atoms with Crippen LogP contribution in [0.4, 0.5) is 0 Å². The van der Waals surface area contributed by atoms with E-state index in [9.17, 15) is 14.7 Å². The number of carbonyl (C=O) groups excluding carboxylic acids is 2. The minimum absolute atomic E-state index is 0.0994. The Morgan fingerprint density at radius 3 is 2.39 bits per heavy atom. The fraction of sp³-hybridized carbons (Fsp3) is 0.577. The van der Waals surface area contributed by atoms with Crippen LogP contribution in [-0.4, -0.2) is 60.7 Å². The lowest BCUT2D eigenvalue weighted by Crippen LogP contribution is -2.40. The molecule has 0 bridgehead atoms. The second kappa shape index (κ2) is 12.7. The van der Waals surface area contributed by atoms with Crippen LogP contribution < -0.4 is 20.1 Å². The summed E-state index contributed by atoms with van der Waals surface area (Å²) in [5.74, 6) is 1.32. The van der Waals surface area contributed by atoms with Gasteiger partial charge in [0.2, 0.25) is 5.91 Å². The van der Waals surface area contributed by atoms with Gasteiger partial charge in [-0.1, -0.05) is 19.9 Å². The van der Waals surface area contributed by atoms with Crippen LogP contribution in [0.15, 0.2) is 24.3 Å². The van der Waals surface area contributed by atoms with E-state index in [0.29, 0.717) is 29.5 Å². The molecule has 10 nitrogen and oxygen atoms in total. The number of benzene rings is 1. The Balaban J connectivity index is 1.83. The van der Waals surface area contributed by atoms with E-state index in [1.54, 1.807) is 14.2 Å². The van der Waals surface area contributed by atoms with Crippen molar-refractivity contribution in [3.63, 3.8) is 0 Å². The molecule has 198 valence electrons. The third-order valence-corrected chi connectivity index (χ3v) is 6.13. The molecule has 36 heavy (non-hydrogen) atoms. The van der Waals surface area contributed by atoms with E-state index in [-0.39, 0.29) is 30.8 Å². The summed E-state index contributed by atoms with van der Waals surface area (Å²) in [7, 11) is 4.49. The zero-order valence-electron chi connectivity index (χ0n) is 21.7. The topological polar surface area (TPSA) is 124 Å². The highest BCUT2D eigenvalue weighted by molar-refractivity contribution is 5.82. The van der Waals surface area contributed by atoms with Crippen molar-refractivity contribution in [3.05, 3.63) is 30.0 Å². The molecule has 1 saturated carbocycles. The average molecular weight is 503 g/mol. The summed E-state index contributed by atoms with van der Waals surface area (Å²) in [5, 5.41) is 21.5. The summed E-state index contributed by atoms with van der Waals surface area (Å²) in [6.07, 6.45) is 1.95. The third kappa shape index (κ3) is 7.44. The van der Waals surface area contributed by atoms with Crippen molar-refractivity contribution in [2.75, 3.05) is 27.9 Å². The lowest BCUT2D eigenvalue weighted by molar-refractivity contribution is -0.141. The minimum Gasteiger partial charge on any atom is -0.496 e. The Hall–Kier alpha value is -3.11. The van der Waals surface area contributed by atoms with Gasteiger partial charge in [-0.2, -0.15) is 5.10 Å². The largest absolute Gasteiger partial charge is 0.496 e. The number of hydrogen-bond donors (Lipinski definition) is 3.